The molecule has 9 heteroatoms. The number of benzene rings is 2. The van der Waals surface area contributed by atoms with Crippen LogP contribution in [0.1, 0.15) is 31.1 Å². The molecule has 0 radical (unpaired) electrons. The van der Waals surface area contributed by atoms with E-state index in [-0.39, 0.29) is 22.4 Å². The van der Waals surface area contributed by atoms with Crippen LogP contribution >= 0.6 is 0 Å². The zero-order valence-electron chi connectivity index (χ0n) is 18.3. The summed E-state index contributed by atoms with van der Waals surface area (Å²) in [4.78, 5) is 24.0. The van der Waals surface area contributed by atoms with Crippen LogP contribution in [0.2, 0.25) is 0 Å². The number of sulfonamides is 1. The average molecular weight is 449 g/mol. The largest absolute Gasteiger partial charge is 0.495 e. The van der Waals surface area contributed by atoms with Gasteiger partial charge in [-0.15, -0.1) is 0 Å². The molecule has 0 spiro atoms. The highest BCUT2D eigenvalue weighted by molar-refractivity contribution is 7.92. The summed E-state index contributed by atoms with van der Waals surface area (Å²) in [5.41, 5.74) is 0.527. The van der Waals surface area contributed by atoms with E-state index in [1.165, 1.54) is 38.4 Å². The lowest BCUT2D eigenvalue weighted by Gasteiger charge is -2.21. The fourth-order valence-electron chi connectivity index (χ4n) is 2.62. The second-order valence-corrected chi connectivity index (χ2v) is 9.31. The first-order valence-corrected chi connectivity index (χ1v) is 11.2. The standard InChI is InChI=1S/C22H28N2O6S/c1-15(2)16(3)23-21(25)14-30-22(26)17-10-12-18(13-11-17)31(27,28)24(4)19-8-6-7-9-20(19)29-5/h6-13,15-16H,14H2,1-5H3,(H,23,25)/t16-/m1/s1. The Bertz CT molecular complexity index is 1020. The molecule has 2 aromatic carbocycles. The zero-order chi connectivity index (χ0) is 23.2. The molecule has 0 aliphatic heterocycles. The van der Waals surface area contributed by atoms with Gasteiger partial charge in [-0.05, 0) is 49.2 Å². The number of anilines is 1. The molecule has 0 bridgehead atoms. The number of methoxy groups -OCH3 is 1. The van der Waals surface area contributed by atoms with Crippen molar-refractivity contribution in [3.05, 3.63) is 54.1 Å². The molecule has 1 N–H and O–H groups in total. The minimum absolute atomic E-state index is 0.000886. The Hall–Kier alpha value is -3.07. The Morgan fingerprint density at radius 2 is 1.65 bits per heavy atom. The Labute approximate surface area is 183 Å². The van der Waals surface area contributed by atoms with E-state index in [1.807, 2.05) is 20.8 Å². The van der Waals surface area contributed by atoms with Crippen molar-refractivity contribution >= 4 is 27.6 Å². The average Bonchev–Trinajstić information content (AvgIpc) is 2.76. The van der Waals surface area contributed by atoms with Crippen LogP contribution in [-0.2, 0) is 19.6 Å². The Balaban J connectivity index is 2.08. The molecule has 0 unspecified atom stereocenters. The van der Waals surface area contributed by atoms with Crippen LogP contribution < -0.4 is 14.4 Å². The van der Waals surface area contributed by atoms with Gasteiger partial charge in [-0.3, -0.25) is 9.10 Å². The molecule has 1 atom stereocenters. The highest BCUT2D eigenvalue weighted by atomic mass is 32.2. The smallest absolute Gasteiger partial charge is 0.338 e. The number of ether oxygens (including phenoxy) is 2. The third-order valence-corrected chi connectivity index (χ3v) is 6.68. The summed E-state index contributed by atoms with van der Waals surface area (Å²) >= 11 is 0. The van der Waals surface area contributed by atoms with Gasteiger partial charge >= 0.3 is 5.97 Å². The Morgan fingerprint density at radius 1 is 1.03 bits per heavy atom. The fourth-order valence-corrected chi connectivity index (χ4v) is 3.82. The third-order valence-electron chi connectivity index (χ3n) is 4.90. The van der Waals surface area contributed by atoms with Crippen molar-refractivity contribution in [3.8, 4) is 5.75 Å². The highest BCUT2D eigenvalue weighted by Gasteiger charge is 2.24. The molecule has 168 valence electrons. The number of carbonyl (C=O) groups excluding carboxylic acids is 2. The monoisotopic (exact) mass is 448 g/mol. The van der Waals surface area contributed by atoms with Gasteiger partial charge in [0.05, 0.1) is 23.3 Å². The molecule has 0 saturated heterocycles. The quantitative estimate of drug-likeness (QED) is 0.592. The van der Waals surface area contributed by atoms with Crippen LogP contribution in [0, 0.1) is 5.92 Å². The van der Waals surface area contributed by atoms with Gasteiger partial charge in [-0.1, -0.05) is 26.0 Å². The van der Waals surface area contributed by atoms with Gasteiger partial charge in [-0.25, -0.2) is 13.2 Å². The molecule has 2 rings (SSSR count). The molecular weight excluding hydrogens is 420 g/mol. The summed E-state index contributed by atoms with van der Waals surface area (Å²) < 4.78 is 37.3. The van der Waals surface area contributed by atoms with Gasteiger partial charge in [0.25, 0.3) is 15.9 Å². The van der Waals surface area contributed by atoms with Crippen LogP contribution in [0.25, 0.3) is 0 Å². The Kier molecular flexibility index (Phi) is 8.04. The topological polar surface area (TPSA) is 102 Å². The van der Waals surface area contributed by atoms with Crippen molar-refractivity contribution in [1.82, 2.24) is 5.32 Å². The minimum atomic E-state index is -3.88. The molecular formula is C22H28N2O6S. The highest BCUT2D eigenvalue weighted by Crippen LogP contribution is 2.30. The van der Waals surface area contributed by atoms with Gasteiger partial charge in [0.2, 0.25) is 0 Å². The van der Waals surface area contributed by atoms with Gasteiger partial charge in [0.1, 0.15) is 5.75 Å². The van der Waals surface area contributed by atoms with Crippen molar-refractivity contribution in [2.45, 2.75) is 31.7 Å². The predicted octanol–water partition coefficient (Wildman–Crippen LogP) is 2.84. The van der Waals surface area contributed by atoms with Gasteiger partial charge in [0, 0.05) is 13.1 Å². The molecule has 8 nitrogen and oxygen atoms in total. The number of rotatable bonds is 9. The molecule has 0 fully saturated rings. The molecule has 0 aromatic heterocycles. The summed E-state index contributed by atoms with van der Waals surface area (Å²) in [5, 5.41) is 2.74. The van der Waals surface area contributed by atoms with Gasteiger partial charge < -0.3 is 14.8 Å². The van der Waals surface area contributed by atoms with Crippen molar-refractivity contribution < 1.29 is 27.5 Å². The fraction of sp³-hybridized carbons (Fsp3) is 0.364. The molecule has 31 heavy (non-hydrogen) atoms. The maximum Gasteiger partial charge on any atom is 0.338 e. The van der Waals surface area contributed by atoms with Crippen LogP contribution in [0.3, 0.4) is 0 Å². The van der Waals surface area contributed by atoms with Crippen LogP contribution in [0.4, 0.5) is 5.69 Å². The molecule has 0 heterocycles. The van der Waals surface area contributed by atoms with Crippen molar-refractivity contribution in [2.75, 3.05) is 25.1 Å². The van der Waals surface area contributed by atoms with Crippen molar-refractivity contribution in [2.24, 2.45) is 5.92 Å². The summed E-state index contributed by atoms with van der Waals surface area (Å²) in [6.45, 7) is 5.40. The number of carbonyl (C=O) groups is 2. The van der Waals surface area contributed by atoms with E-state index in [1.54, 1.807) is 24.3 Å². The van der Waals surface area contributed by atoms with E-state index in [0.717, 1.165) is 4.31 Å². The number of esters is 1. The molecule has 2 aromatic rings. The lowest BCUT2D eigenvalue weighted by atomic mass is 10.1. The first kappa shape index (κ1) is 24.2. The van der Waals surface area contributed by atoms with E-state index in [2.05, 4.69) is 5.32 Å². The third kappa shape index (κ3) is 5.97. The van der Waals surface area contributed by atoms with E-state index in [9.17, 15) is 18.0 Å². The first-order chi connectivity index (χ1) is 14.6. The number of para-hydroxylation sites is 2. The molecule has 0 aliphatic carbocycles. The van der Waals surface area contributed by atoms with E-state index >= 15 is 0 Å². The first-order valence-electron chi connectivity index (χ1n) is 9.76. The van der Waals surface area contributed by atoms with Crippen LogP contribution in [-0.4, -0.2) is 47.1 Å². The zero-order valence-corrected chi connectivity index (χ0v) is 19.1. The van der Waals surface area contributed by atoms with Crippen molar-refractivity contribution in [1.29, 1.82) is 0 Å². The molecule has 0 aliphatic rings. The van der Waals surface area contributed by atoms with E-state index in [0.29, 0.717) is 11.4 Å². The Morgan fingerprint density at radius 3 is 2.23 bits per heavy atom. The minimum Gasteiger partial charge on any atom is -0.495 e. The maximum absolute atomic E-state index is 13.0. The summed E-state index contributed by atoms with van der Waals surface area (Å²) in [7, 11) is -0.993. The molecule has 0 saturated carbocycles. The second kappa shape index (κ2) is 10.3. The van der Waals surface area contributed by atoms with E-state index in [4.69, 9.17) is 9.47 Å². The number of nitrogens with one attached hydrogen (secondary N) is 1. The SMILES string of the molecule is COc1ccccc1N(C)S(=O)(=O)c1ccc(C(=O)OCC(=O)N[C@H](C)C(C)C)cc1. The number of hydrogen-bond donors (Lipinski definition) is 1. The summed E-state index contributed by atoms with van der Waals surface area (Å²) in [5.74, 6) is -0.441. The number of hydrogen-bond acceptors (Lipinski definition) is 6. The number of amides is 1. The second-order valence-electron chi connectivity index (χ2n) is 7.35. The predicted molar refractivity (Wildman–Crippen MR) is 118 cm³/mol. The molecule has 1 amide bonds. The normalized spacial score (nSPS) is 12.2. The number of nitrogens with zero attached hydrogens (tertiary/aromatic N) is 1. The maximum atomic E-state index is 13.0. The lowest BCUT2D eigenvalue weighted by Crippen LogP contribution is -2.38. The van der Waals surface area contributed by atoms with Crippen LogP contribution in [0.15, 0.2) is 53.4 Å². The van der Waals surface area contributed by atoms with Crippen LogP contribution in [0.5, 0.6) is 5.75 Å². The van der Waals surface area contributed by atoms with E-state index < -0.39 is 28.5 Å². The summed E-state index contributed by atoms with van der Waals surface area (Å²) in [6, 6.07) is 12.0. The lowest BCUT2D eigenvalue weighted by molar-refractivity contribution is -0.125. The summed E-state index contributed by atoms with van der Waals surface area (Å²) in [6.07, 6.45) is 0. The van der Waals surface area contributed by atoms with Crippen molar-refractivity contribution in [3.63, 3.8) is 0 Å². The van der Waals surface area contributed by atoms with Gasteiger partial charge in [0.15, 0.2) is 6.61 Å². The van der Waals surface area contributed by atoms with Gasteiger partial charge in [-0.2, -0.15) is 0 Å².